The Morgan fingerprint density at radius 3 is 2.64 bits per heavy atom. The van der Waals surface area contributed by atoms with Crippen molar-refractivity contribution in [2.75, 3.05) is 0 Å². The van der Waals surface area contributed by atoms with Crippen LogP contribution in [0.5, 0.6) is 0 Å². The van der Waals surface area contributed by atoms with Crippen LogP contribution in [0.4, 0.5) is 0 Å². The Hall–Kier alpha value is -2.18. The zero-order valence-electron chi connectivity index (χ0n) is 11.7. The number of ketones is 1. The fraction of sp³-hybridized carbons (Fsp3) is 0.0625. The number of thioether (sulfide) groups is 1. The standard InChI is InChI=1S/C16H12N2O2S2/c1-18-9-11(14(19)10-5-3-2-4-6-10)7-12(18)8-13-15(20)17-16(21)22-13/h2-9H,1H3,(H,17,20,21)/b13-8-. The monoisotopic (exact) mass is 328 g/mol. The van der Waals surface area contributed by atoms with E-state index in [2.05, 4.69) is 5.32 Å². The predicted molar refractivity (Wildman–Crippen MR) is 91.6 cm³/mol. The van der Waals surface area contributed by atoms with Gasteiger partial charge in [0, 0.05) is 30.1 Å². The quantitative estimate of drug-likeness (QED) is 0.535. The van der Waals surface area contributed by atoms with Crippen molar-refractivity contribution in [1.82, 2.24) is 9.88 Å². The van der Waals surface area contributed by atoms with Crippen molar-refractivity contribution in [3.8, 4) is 0 Å². The number of amides is 1. The lowest BCUT2D eigenvalue weighted by atomic mass is 10.1. The summed E-state index contributed by atoms with van der Waals surface area (Å²) in [6, 6.07) is 10.9. The van der Waals surface area contributed by atoms with E-state index in [4.69, 9.17) is 12.2 Å². The predicted octanol–water partition coefficient (Wildman–Crippen LogP) is 2.74. The number of thiocarbonyl (C=S) groups is 1. The molecule has 1 aliphatic rings. The molecule has 0 atom stereocenters. The molecule has 6 heteroatoms. The number of nitrogens with zero attached hydrogens (tertiary/aromatic N) is 1. The van der Waals surface area contributed by atoms with Crippen LogP contribution in [-0.4, -0.2) is 20.6 Å². The number of nitrogens with one attached hydrogen (secondary N) is 1. The van der Waals surface area contributed by atoms with Crippen molar-refractivity contribution in [2.24, 2.45) is 7.05 Å². The van der Waals surface area contributed by atoms with Crippen LogP contribution in [0, 0.1) is 0 Å². The first-order valence-corrected chi connectivity index (χ1v) is 7.78. The van der Waals surface area contributed by atoms with E-state index in [-0.39, 0.29) is 11.7 Å². The minimum absolute atomic E-state index is 0.0418. The maximum Gasteiger partial charge on any atom is 0.263 e. The lowest BCUT2D eigenvalue weighted by Crippen LogP contribution is -2.17. The molecule has 2 aromatic rings. The van der Waals surface area contributed by atoms with E-state index in [1.807, 2.05) is 29.8 Å². The van der Waals surface area contributed by atoms with E-state index in [1.165, 1.54) is 11.8 Å². The fourth-order valence-electron chi connectivity index (χ4n) is 2.16. The fourth-order valence-corrected chi connectivity index (χ4v) is 3.19. The van der Waals surface area contributed by atoms with Gasteiger partial charge in [0.25, 0.3) is 5.91 Å². The SMILES string of the molecule is Cn1cc(C(=O)c2ccccc2)cc1/C=C1\SC(=S)NC1=O. The van der Waals surface area contributed by atoms with Crippen molar-refractivity contribution in [2.45, 2.75) is 0 Å². The molecule has 4 nitrogen and oxygen atoms in total. The lowest BCUT2D eigenvalue weighted by molar-refractivity contribution is -0.115. The molecule has 0 spiro atoms. The zero-order valence-corrected chi connectivity index (χ0v) is 13.3. The van der Waals surface area contributed by atoms with Crippen LogP contribution < -0.4 is 5.32 Å². The number of rotatable bonds is 3. The molecular weight excluding hydrogens is 316 g/mol. The van der Waals surface area contributed by atoms with Gasteiger partial charge in [-0.25, -0.2) is 0 Å². The maximum absolute atomic E-state index is 12.4. The van der Waals surface area contributed by atoms with Gasteiger partial charge in [0.15, 0.2) is 5.78 Å². The second kappa shape index (κ2) is 5.90. The van der Waals surface area contributed by atoms with E-state index in [9.17, 15) is 9.59 Å². The third kappa shape index (κ3) is 2.88. The second-order valence-corrected chi connectivity index (χ2v) is 6.53. The highest BCUT2D eigenvalue weighted by atomic mass is 32.2. The first-order chi connectivity index (χ1) is 10.5. The molecule has 1 aromatic carbocycles. The molecule has 2 heterocycles. The van der Waals surface area contributed by atoms with Gasteiger partial charge in [0.2, 0.25) is 0 Å². The molecule has 3 rings (SSSR count). The van der Waals surface area contributed by atoms with Crippen LogP contribution in [0.3, 0.4) is 0 Å². The van der Waals surface area contributed by atoms with Crippen LogP contribution in [0.15, 0.2) is 47.5 Å². The summed E-state index contributed by atoms with van der Waals surface area (Å²) in [4.78, 5) is 24.7. The molecule has 0 saturated carbocycles. The molecule has 1 N–H and O–H groups in total. The van der Waals surface area contributed by atoms with Crippen LogP contribution in [0.1, 0.15) is 21.6 Å². The van der Waals surface area contributed by atoms with Crippen molar-refractivity contribution < 1.29 is 9.59 Å². The molecule has 0 aliphatic carbocycles. The smallest absolute Gasteiger partial charge is 0.263 e. The summed E-state index contributed by atoms with van der Waals surface area (Å²) >= 11 is 6.19. The number of carbonyl (C=O) groups is 2. The number of carbonyl (C=O) groups excluding carboxylic acids is 2. The van der Waals surface area contributed by atoms with Gasteiger partial charge in [0.1, 0.15) is 4.32 Å². The number of aryl methyl sites for hydroxylation is 1. The summed E-state index contributed by atoms with van der Waals surface area (Å²) in [6.45, 7) is 0. The molecule has 0 bridgehead atoms. The van der Waals surface area contributed by atoms with Crippen molar-refractivity contribution in [1.29, 1.82) is 0 Å². The molecule has 1 aliphatic heterocycles. The molecule has 0 radical (unpaired) electrons. The van der Waals surface area contributed by atoms with Gasteiger partial charge in [-0.05, 0) is 12.1 Å². The Balaban J connectivity index is 1.92. The normalized spacial score (nSPS) is 16.1. The summed E-state index contributed by atoms with van der Waals surface area (Å²) < 4.78 is 2.27. The van der Waals surface area contributed by atoms with Crippen LogP contribution >= 0.6 is 24.0 Å². The molecule has 1 saturated heterocycles. The lowest BCUT2D eigenvalue weighted by Gasteiger charge is -1.96. The summed E-state index contributed by atoms with van der Waals surface area (Å²) in [7, 11) is 1.84. The van der Waals surface area contributed by atoms with Crippen LogP contribution in [0.2, 0.25) is 0 Å². The van der Waals surface area contributed by atoms with Gasteiger partial charge in [0.05, 0.1) is 4.91 Å². The van der Waals surface area contributed by atoms with Gasteiger partial charge in [-0.2, -0.15) is 0 Å². The minimum Gasteiger partial charge on any atom is -0.350 e. The van der Waals surface area contributed by atoms with E-state index < -0.39 is 0 Å². The number of aromatic nitrogens is 1. The van der Waals surface area contributed by atoms with Crippen LogP contribution in [-0.2, 0) is 11.8 Å². The maximum atomic E-state index is 12.4. The largest absolute Gasteiger partial charge is 0.350 e. The molecule has 22 heavy (non-hydrogen) atoms. The average Bonchev–Trinajstić information content (AvgIpc) is 3.02. The first-order valence-electron chi connectivity index (χ1n) is 6.55. The number of hydrogen-bond donors (Lipinski definition) is 1. The van der Waals surface area contributed by atoms with E-state index in [0.29, 0.717) is 20.4 Å². The number of hydrogen-bond acceptors (Lipinski definition) is 4. The second-order valence-electron chi connectivity index (χ2n) is 4.81. The van der Waals surface area contributed by atoms with Crippen molar-refractivity contribution in [3.63, 3.8) is 0 Å². The van der Waals surface area contributed by atoms with Crippen molar-refractivity contribution in [3.05, 3.63) is 64.3 Å². The van der Waals surface area contributed by atoms with Gasteiger partial charge in [-0.1, -0.05) is 54.3 Å². The molecule has 0 unspecified atom stereocenters. The zero-order chi connectivity index (χ0) is 15.7. The first kappa shape index (κ1) is 14.7. The van der Waals surface area contributed by atoms with Gasteiger partial charge < -0.3 is 9.88 Å². The molecule has 1 fully saturated rings. The highest BCUT2D eigenvalue weighted by Crippen LogP contribution is 2.26. The Bertz CT molecular complexity index is 807. The highest BCUT2D eigenvalue weighted by Gasteiger charge is 2.22. The van der Waals surface area contributed by atoms with E-state index >= 15 is 0 Å². The molecular formula is C16H12N2O2S2. The Kier molecular flexibility index (Phi) is 3.96. The Labute approximate surface area is 137 Å². The summed E-state index contributed by atoms with van der Waals surface area (Å²) in [5, 5.41) is 2.57. The Morgan fingerprint density at radius 1 is 1.27 bits per heavy atom. The third-order valence-electron chi connectivity index (χ3n) is 3.26. The topological polar surface area (TPSA) is 51.1 Å². The third-order valence-corrected chi connectivity index (χ3v) is 4.43. The summed E-state index contributed by atoms with van der Waals surface area (Å²) in [5.74, 6) is -0.243. The minimum atomic E-state index is -0.202. The van der Waals surface area contributed by atoms with Crippen molar-refractivity contribution >= 4 is 46.1 Å². The molecule has 1 aromatic heterocycles. The van der Waals surface area contributed by atoms with Gasteiger partial charge in [-0.3, -0.25) is 9.59 Å². The number of benzene rings is 1. The van der Waals surface area contributed by atoms with Gasteiger partial charge in [-0.15, -0.1) is 0 Å². The van der Waals surface area contributed by atoms with E-state index in [1.54, 1.807) is 30.5 Å². The highest BCUT2D eigenvalue weighted by molar-refractivity contribution is 8.26. The van der Waals surface area contributed by atoms with Crippen LogP contribution in [0.25, 0.3) is 6.08 Å². The molecule has 110 valence electrons. The summed E-state index contributed by atoms with van der Waals surface area (Å²) in [5.41, 5.74) is 2.01. The summed E-state index contributed by atoms with van der Waals surface area (Å²) in [6.07, 6.45) is 3.50. The average molecular weight is 328 g/mol. The van der Waals surface area contributed by atoms with E-state index in [0.717, 1.165) is 5.69 Å². The van der Waals surface area contributed by atoms with Gasteiger partial charge >= 0.3 is 0 Å². The Morgan fingerprint density at radius 2 is 2.00 bits per heavy atom. The molecule has 1 amide bonds.